The van der Waals surface area contributed by atoms with Crippen LogP contribution in [0.3, 0.4) is 0 Å². The summed E-state index contributed by atoms with van der Waals surface area (Å²) in [7, 11) is 1.91. The van der Waals surface area contributed by atoms with Crippen LogP contribution >= 0.6 is 0 Å². The highest BCUT2D eigenvalue weighted by molar-refractivity contribution is 6.00. The van der Waals surface area contributed by atoms with Gasteiger partial charge in [0.1, 0.15) is 17.8 Å². The molecule has 2 saturated heterocycles. The highest BCUT2D eigenvalue weighted by Crippen LogP contribution is 2.51. The van der Waals surface area contributed by atoms with Crippen molar-refractivity contribution in [3.05, 3.63) is 70.8 Å². The Kier molecular flexibility index (Phi) is 5.94. The third-order valence-corrected chi connectivity index (χ3v) is 9.10. The Morgan fingerprint density at radius 2 is 2.02 bits per heavy atom. The van der Waals surface area contributed by atoms with Crippen LogP contribution in [0, 0.1) is 5.82 Å². The van der Waals surface area contributed by atoms with Crippen molar-refractivity contribution in [1.82, 2.24) is 24.9 Å². The van der Waals surface area contributed by atoms with Gasteiger partial charge in [-0.3, -0.25) is 19.2 Å². The maximum Gasteiger partial charge on any atom is 0.255 e. The number of ether oxygens (including phenoxy) is 1. The number of aryl methyl sites for hydroxylation is 1. The number of piperidine rings is 2. The van der Waals surface area contributed by atoms with Gasteiger partial charge in [-0.25, -0.2) is 4.39 Å². The van der Waals surface area contributed by atoms with E-state index in [1.54, 1.807) is 9.58 Å². The number of aliphatic hydroxyl groups is 1. The highest BCUT2D eigenvalue weighted by Gasteiger charge is 2.49. The molecule has 4 aliphatic heterocycles. The summed E-state index contributed by atoms with van der Waals surface area (Å²) >= 11 is 0. The highest BCUT2D eigenvalue weighted by atomic mass is 19.1. The third-order valence-electron chi connectivity index (χ3n) is 9.10. The van der Waals surface area contributed by atoms with Crippen molar-refractivity contribution in [3.63, 3.8) is 0 Å². The molecule has 10 heteroatoms. The van der Waals surface area contributed by atoms with E-state index in [4.69, 9.17) is 4.74 Å². The molecule has 0 saturated carbocycles. The molecule has 1 unspecified atom stereocenters. The lowest BCUT2D eigenvalue weighted by Gasteiger charge is -2.38. The number of likely N-dealkylation sites (tertiary alicyclic amines) is 1. The molecule has 4 aliphatic rings. The van der Waals surface area contributed by atoms with Crippen molar-refractivity contribution in [3.8, 4) is 16.9 Å². The number of aromatic nitrogens is 2. The molecule has 5 heterocycles. The molecular weight excluding hydrogens is 513 g/mol. The van der Waals surface area contributed by atoms with Gasteiger partial charge in [0.25, 0.3) is 5.91 Å². The van der Waals surface area contributed by atoms with Crippen molar-refractivity contribution in [2.24, 2.45) is 7.05 Å². The molecular formula is C30H32FN5O4. The Morgan fingerprint density at radius 3 is 2.77 bits per heavy atom. The number of rotatable bonds is 4. The molecule has 40 heavy (non-hydrogen) atoms. The molecule has 0 aliphatic carbocycles. The van der Waals surface area contributed by atoms with Crippen molar-refractivity contribution in [2.75, 3.05) is 19.7 Å². The van der Waals surface area contributed by atoms with Crippen molar-refractivity contribution < 1.29 is 23.8 Å². The van der Waals surface area contributed by atoms with E-state index in [2.05, 4.69) is 39.6 Å². The van der Waals surface area contributed by atoms with Crippen LogP contribution in [0.4, 0.5) is 4.39 Å². The van der Waals surface area contributed by atoms with Crippen LogP contribution < -0.4 is 10.1 Å². The molecule has 2 aromatic carbocycles. The van der Waals surface area contributed by atoms with E-state index >= 15 is 4.39 Å². The van der Waals surface area contributed by atoms with Crippen LogP contribution in [-0.4, -0.2) is 68.5 Å². The minimum absolute atomic E-state index is 0.234. The Balaban J connectivity index is 1.08. The summed E-state index contributed by atoms with van der Waals surface area (Å²) in [6, 6.07) is 9.32. The van der Waals surface area contributed by atoms with Crippen LogP contribution in [-0.2, 0) is 30.3 Å². The molecule has 1 aromatic heterocycles. The number of carbonyl (C=O) groups excluding carboxylic acids is 2. The van der Waals surface area contributed by atoms with Crippen LogP contribution in [0.15, 0.2) is 42.7 Å². The Bertz CT molecular complexity index is 1510. The van der Waals surface area contributed by atoms with Crippen molar-refractivity contribution in [1.29, 1.82) is 0 Å². The number of benzene rings is 2. The summed E-state index contributed by atoms with van der Waals surface area (Å²) in [6.45, 7) is 3.08. The summed E-state index contributed by atoms with van der Waals surface area (Å²) in [4.78, 5) is 28.8. The van der Waals surface area contributed by atoms with Gasteiger partial charge < -0.3 is 20.1 Å². The van der Waals surface area contributed by atoms with Crippen LogP contribution in [0.2, 0.25) is 0 Å². The third kappa shape index (κ3) is 4.08. The SMILES string of the molecule is Cn1cc(-c2cccc(CN3CCC4(CC3)COc3c5c(cc(F)c34)C(=O)N([C@H]3CCC(=O)NC3O)C5)c2)cn1. The molecule has 0 radical (unpaired) electrons. The maximum absolute atomic E-state index is 15.7. The first-order chi connectivity index (χ1) is 19.3. The summed E-state index contributed by atoms with van der Waals surface area (Å²) in [5.74, 6) is -0.461. The molecule has 9 nitrogen and oxygen atoms in total. The van der Waals surface area contributed by atoms with Crippen LogP contribution in [0.1, 0.15) is 52.7 Å². The average Bonchev–Trinajstić information content (AvgIpc) is 3.63. The fourth-order valence-corrected chi connectivity index (χ4v) is 6.92. The molecule has 7 rings (SSSR count). The van der Waals surface area contributed by atoms with Gasteiger partial charge in [0.15, 0.2) is 0 Å². The molecule has 2 N–H and O–H groups in total. The second-order valence-corrected chi connectivity index (χ2v) is 11.6. The predicted molar refractivity (Wildman–Crippen MR) is 144 cm³/mol. The quantitative estimate of drug-likeness (QED) is 0.523. The summed E-state index contributed by atoms with van der Waals surface area (Å²) in [6.07, 6.45) is 4.87. The zero-order valence-electron chi connectivity index (χ0n) is 22.4. The molecule has 2 amide bonds. The fourth-order valence-electron chi connectivity index (χ4n) is 6.92. The Morgan fingerprint density at radius 1 is 1.20 bits per heavy atom. The number of aliphatic hydroxyl groups excluding tert-OH is 1. The van der Waals surface area contributed by atoms with Gasteiger partial charge in [-0.1, -0.05) is 18.2 Å². The zero-order chi connectivity index (χ0) is 27.6. The normalized spacial score (nSPS) is 23.7. The summed E-state index contributed by atoms with van der Waals surface area (Å²) < 4.78 is 23.7. The molecule has 208 valence electrons. The van der Waals surface area contributed by atoms with E-state index in [9.17, 15) is 14.7 Å². The lowest BCUT2D eigenvalue weighted by atomic mass is 9.73. The van der Waals surface area contributed by atoms with E-state index in [0.717, 1.165) is 43.6 Å². The lowest BCUT2D eigenvalue weighted by molar-refractivity contribution is -0.129. The van der Waals surface area contributed by atoms with Gasteiger partial charge in [-0.05, 0) is 55.6 Å². The largest absolute Gasteiger partial charge is 0.492 e. The van der Waals surface area contributed by atoms with E-state index in [0.29, 0.717) is 35.5 Å². The van der Waals surface area contributed by atoms with Gasteiger partial charge in [0, 0.05) is 48.3 Å². The minimum Gasteiger partial charge on any atom is -0.492 e. The molecule has 3 aromatic rings. The number of fused-ring (bicyclic) bond motifs is 4. The number of amides is 2. The number of halogens is 1. The van der Waals surface area contributed by atoms with Gasteiger partial charge in [0.2, 0.25) is 5.91 Å². The van der Waals surface area contributed by atoms with E-state index < -0.39 is 23.5 Å². The lowest BCUT2D eigenvalue weighted by Crippen LogP contribution is -2.55. The smallest absolute Gasteiger partial charge is 0.255 e. The van der Waals surface area contributed by atoms with E-state index in [1.165, 1.54) is 11.6 Å². The summed E-state index contributed by atoms with van der Waals surface area (Å²) in [5.41, 5.74) is 4.61. The van der Waals surface area contributed by atoms with Crippen molar-refractivity contribution >= 4 is 11.8 Å². The van der Waals surface area contributed by atoms with Crippen LogP contribution in [0.25, 0.3) is 11.1 Å². The monoisotopic (exact) mass is 545 g/mol. The number of carbonyl (C=O) groups is 2. The standard InChI is InChI=1S/C30H32FN5O4/c1-34-15-20(13-32-34)19-4-2-3-18(11-19)14-35-9-7-30(8-10-35)17-40-27-22-16-36(24-5-6-25(37)33-28(24)38)29(39)21(22)12-23(31)26(27)30/h2-4,11-13,15,24,28,38H,5-10,14,16-17H2,1H3,(H,33,37)/t24-,28?/m0/s1. The first-order valence-corrected chi connectivity index (χ1v) is 13.9. The molecule has 1 spiro atoms. The topological polar surface area (TPSA) is 99.9 Å². The number of hydrogen-bond donors (Lipinski definition) is 2. The molecule has 2 atom stereocenters. The van der Waals surface area contributed by atoms with Gasteiger partial charge in [0.05, 0.1) is 31.0 Å². The predicted octanol–water partition coefficient (Wildman–Crippen LogP) is 2.71. The van der Waals surface area contributed by atoms with E-state index in [-0.39, 0.29) is 24.8 Å². The van der Waals surface area contributed by atoms with Crippen molar-refractivity contribution in [2.45, 2.75) is 56.5 Å². The minimum atomic E-state index is -1.14. The molecule has 0 bridgehead atoms. The van der Waals surface area contributed by atoms with E-state index in [1.807, 2.05) is 19.4 Å². The Labute approximate surface area is 231 Å². The zero-order valence-corrected chi connectivity index (χ0v) is 22.4. The molecule has 2 fully saturated rings. The van der Waals surface area contributed by atoms with Crippen LogP contribution in [0.5, 0.6) is 5.75 Å². The van der Waals surface area contributed by atoms with Gasteiger partial charge in [-0.15, -0.1) is 0 Å². The second kappa shape index (κ2) is 9.42. The second-order valence-electron chi connectivity index (χ2n) is 11.6. The first-order valence-electron chi connectivity index (χ1n) is 13.9. The fraction of sp³-hybridized carbons (Fsp3) is 0.433. The average molecular weight is 546 g/mol. The Hall–Kier alpha value is -3.76. The first kappa shape index (κ1) is 25.2. The number of hydrogen-bond acceptors (Lipinski definition) is 6. The maximum atomic E-state index is 15.7. The van der Waals surface area contributed by atoms with Gasteiger partial charge in [-0.2, -0.15) is 5.10 Å². The summed E-state index contributed by atoms with van der Waals surface area (Å²) in [5, 5.41) is 17.2. The number of nitrogens with zero attached hydrogens (tertiary/aromatic N) is 4. The van der Waals surface area contributed by atoms with Gasteiger partial charge >= 0.3 is 0 Å². The number of nitrogens with one attached hydrogen (secondary N) is 1.